The van der Waals surface area contributed by atoms with Gasteiger partial charge in [-0.1, -0.05) is 18.2 Å². The van der Waals surface area contributed by atoms with Crippen molar-refractivity contribution in [3.05, 3.63) is 50.7 Å². The van der Waals surface area contributed by atoms with E-state index in [4.69, 9.17) is 9.84 Å². The van der Waals surface area contributed by atoms with Crippen LogP contribution < -0.4 is 16.0 Å². The molecule has 3 aromatic rings. The first-order valence-corrected chi connectivity index (χ1v) is 7.57. The Bertz CT molecular complexity index is 999. The Morgan fingerprint density at radius 1 is 1.29 bits per heavy atom. The summed E-state index contributed by atoms with van der Waals surface area (Å²) in [5, 5.41) is 8.92. The van der Waals surface area contributed by atoms with Gasteiger partial charge >= 0.3 is 11.7 Å². The number of H-pyrrole nitrogens is 1. The summed E-state index contributed by atoms with van der Waals surface area (Å²) in [6, 6.07) is 7.57. The van der Waals surface area contributed by atoms with Crippen LogP contribution in [0.25, 0.3) is 11.2 Å². The van der Waals surface area contributed by atoms with Gasteiger partial charge in [0.15, 0.2) is 11.2 Å². The first kappa shape index (κ1) is 16.0. The van der Waals surface area contributed by atoms with Crippen molar-refractivity contribution in [3.63, 3.8) is 0 Å². The lowest BCUT2D eigenvalue weighted by Gasteiger charge is -2.06. The number of aliphatic hydroxyl groups is 1. The van der Waals surface area contributed by atoms with Crippen molar-refractivity contribution in [2.24, 2.45) is 7.05 Å². The molecular weight excluding hydrogens is 312 g/mol. The number of hydrogen-bond donors (Lipinski definition) is 2. The summed E-state index contributed by atoms with van der Waals surface area (Å²) in [6.07, 6.45) is 0.321. The van der Waals surface area contributed by atoms with E-state index >= 15 is 0 Å². The topological polar surface area (TPSA) is 102 Å². The van der Waals surface area contributed by atoms with Crippen LogP contribution in [0.1, 0.15) is 12.0 Å². The number of nitrogens with zero attached hydrogens (tertiary/aromatic N) is 3. The maximum absolute atomic E-state index is 12.5. The highest BCUT2D eigenvalue weighted by molar-refractivity contribution is 5.70. The van der Waals surface area contributed by atoms with Crippen LogP contribution in [0.4, 0.5) is 0 Å². The van der Waals surface area contributed by atoms with Crippen molar-refractivity contribution in [1.29, 1.82) is 0 Å². The number of imidazole rings is 1. The lowest BCUT2D eigenvalue weighted by Crippen LogP contribution is -2.39. The molecule has 0 saturated heterocycles. The molecule has 2 aromatic heterocycles. The summed E-state index contributed by atoms with van der Waals surface area (Å²) < 4.78 is 8.06. The second-order valence-electron chi connectivity index (χ2n) is 5.48. The Hall–Kier alpha value is -2.87. The highest BCUT2D eigenvalue weighted by Crippen LogP contribution is 2.23. The molecule has 0 radical (unpaired) electrons. The van der Waals surface area contributed by atoms with Crippen LogP contribution >= 0.6 is 0 Å². The third kappa shape index (κ3) is 2.71. The van der Waals surface area contributed by atoms with Gasteiger partial charge < -0.3 is 14.8 Å². The van der Waals surface area contributed by atoms with Crippen LogP contribution in [0.3, 0.4) is 0 Å². The zero-order chi connectivity index (χ0) is 17.3. The van der Waals surface area contributed by atoms with E-state index in [-0.39, 0.29) is 30.3 Å². The van der Waals surface area contributed by atoms with Crippen LogP contribution in [0, 0.1) is 6.92 Å². The van der Waals surface area contributed by atoms with E-state index in [0.29, 0.717) is 12.2 Å². The number of ether oxygens (including phenoxy) is 1. The molecule has 8 heteroatoms. The minimum absolute atomic E-state index is 0.0990. The number of aryl methyl sites for hydroxylation is 2. The Balaban J connectivity index is 2.10. The number of para-hydroxylation sites is 1. The molecule has 0 aliphatic heterocycles. The van der Waals surface area contributed by atoms with Crippen LogP contribution in [-0.2, 0) is 13.6 Å². The largest absolute Gasteiger partial charge is 0.425 e. The van der Waals surface area contributed by atoms with Crippen molar-refractivity contribution < 1.29 is 9.84 Å². The van der Waals surface area contributed by atoms with Crippen molar-refractivity contribution >= 4 is 11.2 Å². The van der Waals surface area contributed by atoms with Gasteiger partial charge in [-0.2, -0.15) is 4.98 Å². The molecule has 0 bridgehead atoms. The summed E-state index contributed by atoms with van der Waals surface area (Å²) in [6.45, 7) is 1.94. The van der Waals surface area contributed by atoms with Gasteiger partial charge in [0.25, 0.3) is 5.56 Å². The molecule has 24 heavy (non-hydrogen) atoms. The molecule has 2 heterocycles. The standard InChI is InChI=1S/C16H18N4O4/c1-10-6-3-4-7-11(10)24-15-17-12-13(18-15)19(2)16(23)20(14(12)22)8-5-9-21/h3-4,6-7,21H,5,8-9H2,1-2H3,(H,17,18). The van der Waals surface area contributed by atoms with Crippen LogP contribution in [-0.4, -0.2) is 30.8 Å². The highest BCUT2D eigenvalue weighted by Gasteiger charge is 2.16. The molecule has 2 N–H and O–H groups in total. The van der Waals surface area contributed by atoms with Crippen LogP contribution in [0.2, 0.25) is 0 Å². The zero-order valence-electron chi connectivity index (χ0n) is 13.4. The number of benzene rings is 1. The lowest BCUT2D eigenvalue weighted by atomic mass is 10.2. The fourth-order valence-corrected chi connectivity index (χ4v) is 2.48. The van der Waals surface area contributed by atoms with Gasteiger partial charge in [-0.15, -0.1) is 0 Å². The minimum atomic E-state index is -0.478. The average molecular weight is 330 g/mol. The van der Waals surface area contributed by atoms with E-state index in [2.05, 4.69) is 9.97 Å². The number of aromatic amines is 1. The van der Waals surface area contributed by atoms with Crippen LogP contribution in [0.5, 0.6) is 11.8 Å². The monoisotopic (exact) mass is 330 g/mol. The Kier molecular flexibility index (Phi) is 4.22. The van der Waals surface area contributed by atoms with Crippen molar-refractivity contribution in [1.82, 2.24) is 19.1 Å². The van der Waals surface area contributed by atoms with Gasteiger partial charge in [0.2, 0.25) is 0 Å². The molecule has 0 unspecified atom stereocenters. The molecule has 0 fully saturated rings. The van der Waals surface area contributed by atoms with Gasteiger partial charge in [0.05, 0.1) is 0 Å². The third-order valence-electron chi connectivity index (χ3n) is 3.80. The van der Waals surface area contributed by atoms with Crippen LogP contribution in [0.15, 0.2) is 33.9 Å². The molecule has 126 valence electrons. The average Bonchev–Trinajstić information content (AvgIpc) is 2.99. The lowest BCUT2D eigenvalue weighted by molar-refractivity contribution is 0.277. The van der Waals surface area contributed by atoms with E-state index in [0.717, 1.165) is 10.1 Å². The van der Waals surface area contributed by atoms with Gasteiger partial charge in [-0.05, 0) is 25.0 Å². The number of aliphatic hydroxyl groups excluding tert-OH is 1. The second-order valence-corrected chi connectivity index (χ2v) is 5.48. The first-order valence-electron chi connectivity index (χ1n) is 7.57. The maximum Gasteiger partial charge on any atom is 0.332 e. The number of fused-ring (bicyclic) bond motifs is 1. The van der Waals surface area contributed by atoms with E-state index in [9.17, 15) is 9.59 Å². The smallest absolute Gasteiger partial charge is 0.332 e. The molecular formula is C16H18N4O4. The number of nitrogens with one attached hydrogen (secondary N) is 1. The predicted octanol–water partition coefficient (Wildman–Crippen LogP) is 0.906. The molecule has 0 aliphatic carbocycles. The normalized spacial score (nSPS) is 11.1. The van der Waals surface area contributed by atoms with Crippen molar-refractivity contribution in [2.45, 2.75) is 19.9 Å². The van der Waals surface area contributed by atoms with E-state index in [1.165, 1.54) is 11.6 Å². The molecule has 1 aromatic carbocycles. The third-order valence-corrected chi connectivity index (χ3v) is 3.80. The van der Waals surface area contributed by atoms with Crippen molar-refractivity contribution in [3.8, 4) is 11.8 Å². The molecule has 0 spiro atoms. The Labute approximate surface area is 137 Å². The summed E-state index contributed by atoms with van der Waals surface area (Å²) in [5.41, 5.74) is 0.392. The first-order chi connectivity index (χ1) is 11.5. The van der Waals surface area contributed by atoms with E-state index in [1.54, 1.807) is 6.07 Å². The molecule has 3 rings (SSSR count). The minimum Gasteiger partial charge on any atom is -0.425 e. The molecule has 0 atom stereocenters. The second kappa shape index (κ2) is 6.32. The molecule has 8 nitrogen and oxygen atoms in total. The predicted molar refractivity (Wildman–Crippen MR) is 88.6 cm³/mol. The molecule has 0 saturated carbocycles. The summed E-state index contributed by atoms with van der Waals surface area (Å²) in [7, 11) is 1.54. The van der Waals surface area contributed by atoms with Gasteiger partial charge in [0.1, 0.15) is 5.75 Å². The summed E-state index contributed by atoms with van der Waals surface area (Å²) in [4.78, 5) is 31.8. The van der Waals surface area contributed by atoms with Gasteiger partial charge in [0, 0.05) is 20.2 Å². The highest BCUT2D eigenvalue weighted by atomic mass is 16.5. The fourth-order valence-electron chi connectivity index (χ4n) is 2.48. The number of rotatable bonds is 5. The summed E-state index contributed by atoms with van der Waals surface area (Å²) in [5.74, 6) is 0.613. The van der Waals surface area contributed by atoms with E-state index < -0.39 is 11.2 Å². The van der Waals surface area contributed by atoms with E-state index in [1.807, 2.05) is 25.1 Å². The molecule has 0 amide bonds. The van der Waals surface area contributed by atoms with Gasteiger partial charge in [-0.3, -0.25) is 13.9 Å². The van der Waals surface area contributed by atoms with Crippen molar-refractivity contribution in [2.75, 3.05) is 6.61 Å². The van der Waals surface area contributed by atoms with Gasteiger partial charge in [-0.25, -0.2) is 4.79 Å². The Morgan fingerprint density at radius 3 is 2.75 bits per heavy atom. The molecule has 0 aliphatic rings. The summed E-state index contributed by atoms with van der Waals surface area (Å²) >= 11 is 0. The Morgan fingerprint density at radius 2 is 2.04 bits per heavy atom. The number of aromatic nitrogens is 4. The number of hydrogen-bond acceptors (Lipinski definition) is 5. The quantitative estimate of drug-likeness (QED) is 0.724. The zero-order valence-corrected chi connectivity index (χ0v) is 13.4. The fraction of sp³-hybridized carbons (Fsp3) is 0.312. The maximum atomic E-state index is 12.5. The SMILES string of the molecule is Cc1ccccc1Oc1nc2c([nH]1)c(=O)n(CCCO)c(=O)n2C.